The number of benzene rings is 2. The van der Waals surface area contributed by atoms with Crippen LogP contribution in [0.4, 0.5) is 0 Å². The van der Waals surface area contributed by atoms with E-state index in [4.69, 9.17) is 0 Å². The Morgan fingerprint density at radius 1 is 0.960 bits per heavy atom. The van der Waals surface area contributed by atoms with E-state index < -0.39 is 11.1 Å². The first kappa shape index (κ1) is 16.3. The van der Waals surface area contributed by atoms with Crippen LogP contribution >= 0.6 is 0 Å². The molecule has 4 heteroatoms. The number of carbonyl (C=O) groups is 1. The van der Waals surface area contributed by atoms with Crippen molar-refractivity contribution in [1.29, 1.82) is 0 Å². The van der Waals surface area contributed by atoms with Crippen molar-refractivity contribution in [3.8, 4) is 0 Å². The number of hydrogen-bond donors (Lipinski definition) is 1. The highest BCUT2D eigenvalue weighted by Gasteiger charge is 2.53. The van der Waals surface area contributed by atoms with E-state index in [1.165, 1.54) is 11.1 Å². The van der Waals surface area contributed by atoms with Gasteiger partial charge in [0.15, 0.2) is 0 Å². The standard InChI is InChI=1S/C21H24N2O2/c1-22(2)20(12-16-8-6-7-9-17(16)13-20)19(24)23-14-21(25,15-23)18-10-4-3-5-11-18/h3-11,25H,12-15H2,1-2H3. The summed E-state index contributed by atoms with van der Waals surface area (Å²) in [6, 6.07) is 17.9. The van der Waals surface area contributed by atoms with Gasteiger partial charge in [-0.15, -0.1) is 0 Å². The molecule has 1 aliphatic carbocycles. The highest BCUT2D eigenvalue weighted by Crippen LogP contribution is 2.39. The van der Waals surface area contributed by atoms with Gasteiger partial charge in [0.2, 0.25) is 5.91 Å². The van der Waals surface area contributed by atoms with E-state index in [1.54, 1.807) is 4.90 Å². The van der Waals surface area contributed by atoms with E-state index in [0.717, 1.165) is 18.4 Å². The maximum atomic E-state index is 13.4. The van der Waals surface area contributed by atoms with E-state index >= 15 is 0 Å². The average molecular weight is 336 g/mol. The van der Waals surface area contributed by atoms with Gasteiger partial charge in [0, 0.05) is 12.8 Å². The molecule has 25 heavy (non-hydrogen) atoms. The summed E-state index contributed by atoms with van der Waals surface area (Å²) in [7, 11) is 3.96. The van der Waals surface area contributed by atoms with Gasteiger partial charge in [-0.25, -0.2) is 0 Å². The van der Waals surface area contributed by atoms with Gasteiger partial charge in [-0.3, -0.25) is 9.69 Å². The van der Waals surface area contributed by atoms with Crippen molar-refractivity contribution in [1.82, 2.24) is 9.80 Å². The lowest BCUT2D eigenvalue weighted by Crippen LogP contribution is -2.68. The lowest BCUT2D eigenvalue weighted by Gasteiger charge is -2.50. The third-order valence-corrected chi connectivity index (χ3v) is 5.84. The Kier molecular flexibility index (Phi) is 3.71. The average Bonchev–Trinajstić information content (AvgIpc) is 3.00. The molecule has 1 saturated heterocycles. The Morgan fingerprint density at radius 2 is 1.48 bits per heavy atom. The Labute approximate surface area is 148 Å². The number of likely N-dealkylation sites (tertiary alicyclic amines) is 1. The zero-order valence-corrected chi connectivity index (χ0v) is 14.8. The second kappa shape index (κ2) is 5.68. The lowest BCUT2D eigenvalue weighted by molar-refractivity contribution is -0.168. The third-order valence-electron chi connectivity index (χ3n) is 5.84. The van der Waals surface area contributed by atoms with Gasteiger partial charge in [0.1, 0.15) is 11.1 Å². The highest BCUT2D eigenvalue weighted by molar-refractivity contribution is 5.89. The van der Waals surface area contributed by atoms with Crippen LogP contribution in [0.15, 0.2) is 54.6 Å². The molecule has 1 aliphatic heterocycles. The molecule has 2 aliphatic rings. The Hall–Kier alpha value is -2.17. The summed E-state index contributed by atoms with van der Waals surface area (Å²) >= 11 is 0. The van der Waals surface area contributed by atoms with E-state index in [9.17, 15) is 9.90 Å². The van der Waals surface area contributed by atoms with Crippen molar-refractivity contribution < 1.29 is 9.90 Å². The molecule has 0 bridgehead atoms. The van der Waals surface area contributed by atoms with Crippen LogP contribution in [-0.2, 0) is 23.2 Å². The molecule has 0 unspecified atom stereocenters. The van der Waals surface area contributed by atoms with E-state index in [-0.39, 0.29) is 5.91 Å². The molecule has 1 N–H and O–H groups in total. The fraction of sp³-hybridized carbons (Fsp3) is 0.381. The molecule has 4 nitrogen and oxygen atoms in total. The molecule has 0 aromatic heterocycles. The summed E-state index contributed by atoms with van der Waals surface area (Å²) in [5.41, 5.74) is 1.93. The Bertz CT molecular complexity index is 770. The van der Waals surface area contributed by atoms with Crippen molar-refractivity contribution in [2.24, 2.45) is 0 Å². The van der Waals surface area contributed by atoms with Gasteiger partial charge in [-0.2, -0.15) is 0 Å². The SMILES string of the molecule is CN(C)C1(C(=O)N2CC(O)(c3ccccc3)C2)Cc2ccccc2C1. The van der Waals surface area contributed by atoms with Crippen LogP contribution in [0.3, 0.4) is 0 Å². The predicted octanol–water partition coefficient (Wildman–Crippen LogP) is 1.82. The minimum atomic E-state index is -0.921. The molecule has 0 spiro atoms. The molecule has 2 aromatic carbocycles. The number of aliphatic hydroxyl groups is 1. The molecule has 2 aromatic rings. The van der Waals surface area contributed by atoms with Gasteiger partial charge in [-0.05, 0) is 30.8 Å². The van der Waals surface area contributed by atoms with Crippen LogP contribution < -0.4 is 0 Å². The number of likely N-dealkylation sites (N-methyl/N-ethyl adjacent to an activating group) is 1. The van der Waals surface area contributed by atoms with Crippen molar-refractivity contribution in [2.45, 2.75) is 24.0 Å². The largest absolute Gasteiger partial charge is 0.381 e. The molecular weight excluding hydrogens is 312 g/mol. The third kappa shape index (κ3) is 2.48. The zero-order valence-electron chi connectivity index (χ0n) is 14.8. The number of rotatable bonds is 3. The first-order valence-corrected chi connectivity index (χ1v) is 8.76. The summed E-state index contributed by atoms with van der Waals surface area (Å²) in [4.78, 5) is 17.2. The van der Waals surface area contributed by atoms with Gasteiger partial charge in [0.05, 0.1) is 13.1 Å². The topological polar surface area (TPSA) is 43.8 Å². The van der Waals surface area contributed by atoms with Crippen LogP contribution in [0.25, 0.3) is 0 Å². The smallest absolute Gasteiger partial charge is 0.243 e. The molecule has 0 radical (unpaired) electrons. The van der Waals surface area contributed by atoms with E-state index in [1.807, 2.05) is 56.6 Å². The fourth-order valence-corrected chi connectivity index (χ4v) is 4.21. The first-order valence-electron chi connectivity index (χ1n) is 8.76. The number of nitrogens with zero attached hydrogens (tertiary/aromatic N) is 2. The minimum absolute atomic E-state index is 0.120. The van der Waals surface area contributed by atoms with Crippen LogP contribution in [0.1, 0.15) is 16.7 Å². The highest BCUT2D eigenvalue weighted by atomic mass is 16.3. The number of fused-ring (bicyclic) bond motifs is 1. The summed E-state index contributed by atoms with van der Waals surface area (Å²) in [5, 5.41) is 10.8. The maximum Gasteiger partial charge on any atom is 0.243 e. The van der Waals surface area contributed by atoms with Crippen molar-refractivity contribution in [3.63, 3.8) is 0 Å². The van der Waals surface area contributed by atoms with Crippen molar-refractivity contribution in [2.75, 3.05) is 27.2 Å². The van der Waals surface area contributed by atoms with Gasteiger partial charge < -0.3 is 10.0 Å². The predicted molar refractivity (Wildman–Crippen MR) is 97.2 cm³/mol. The van der Waals surface area contributed by atoms with Crippen molar-refractivity contribution >= 4 is 5.91 Å². The van der Waals surface area contributed by atoms with E-state index in [2.05, 4.69) is 17.0 Å². The van der Waals surface area contributed by atoms with Crippen molar-refractivity contribution in [3.05, 3.63) is 71.3 Å². The molecule has 1 fully saturated rings. The monoisotopic (exact) mass is 336 g/mol. The summed E-state index contributed by atoms with van der Waals surface area (Å²) in [6.45, 7) is 0.726. The second-order valence-corrected chi connectivity index (χ2v) is 7.61. The second-order valence-electron chi connectivity index (χ2n) is 7.61. The molecule has 0 atom stereocenters. The van der Waals surface area contributed by atoms with Gasteiger partial charge >= 0.3 is 0 Å². The number of hydrogen-bond acceptors (Lipinski definition) is 3. The molecule has 4 rings (SSSR count). The van der Waals surface area contributed by atoms with Crippen LogP contribution in [-0.4, -0.2) is 53.5 Å². The maximum absolute atomic E-state index is 13.4. The summed E-state index contributed by atoms with van der Waals surface area (Å²) in [6.07, 6.45) is 1.46. The first-order chi connectivity index (χ1) is 11.9. The zero-order chi connectivity index (χ0) is 17.7. The Balaban J connectivity index is 1.55. The number of β-amino-alcohol motifs (C(OH)–C–C–N with tert-alkyl or cyclic N) is 1. The van der Waals surface area contributed by atoms with E-state index in [0.29, 0.717) is 13.1 Å². The van der Waals surface area contributed by atoms with Crippen LogP contribution in [0, 0.1) is 0 Å². The fourth-order valence-electron chi connectivity index (χ4n) is 4.21. The molecule has 0 saturated carbocycles. The molecule has 130 valence electrons. The normalized spacial score (nSPS) is 20.2. The minimum Gasteiger partial charge on any atom is -0.381 e. The quantitative estimate of drug-likeness (QED) is 0.930. The Morgan fingerprint density at radius 3 is 2.00 bits per heavy atom. The summed E-state index contributed by atoms with van der Waals surface area (Å²) < 4.78 is 0. The van der Waals surface area contributed by atoms with Gasteiger partial charge in [0.25, 0.3) is 0 Å². The van der Waals surface area contributed by atoms with Crippen LogP contribution in [0.2, 0.25) is 0 Å². The summed E-state index contributed by atoms with van der Waals surface area (Å²) in [5.74, 6) is 0.120. The van der Waals surface area contributed by atoms with Gasteiger partial charge in [-0.1, -0.05) is 54.6 Å². The molecule has 1 heterocycles. The number of carbonyl (C=O) groups excluding carboxylic acids is 1. The lowest BCUT2D eigenvalue weighted by atomic mass is 9.83. The molecule has 1 amide bonds. The van der Waals surface area contributed by atoms with Crippen LogP contribution in [0.5, 0.6) is 0 Å². The molecular formula is C21H24N2O2. The number of amides is 1.